The van der Waals surface area contributed by atoms with Crippen molar-refractivity contribution in [3.8, 4) is 0 Å². The number of halogens is 1. The second-order valence-corrected chi connectivity index (χ2v) is 6.39. The number of nitrogens with zero attached hydrogens (tertiary/aromatic N) is 1. The fourth-order valence-corrected chi connectivity index (χ4v) is 2.84. The number of amides is 1. The van der Waals surface area contributed by atoms with Crippen molar-refractivity contribution in [2.75, 3.05) is 11.9 Å². The van der Waals surface area contributed by atoms with Gasteiger partial charge in [0, 0.05) is 29.6 Å². The van der Waals surface area contributed by atoms with Gasteiger partial charge in [0.15, 0.2) is 0 Å². The predicted molar refractivity (Wildman–Crippen MR) is 82.4 cm³/mol. The Kier molecular flexibility index (Phi) is 5.68. The number of benzene rings is 1. The molecule has 110 valence electrons. The standard InChI is InChI=1S/C14H19BrN2O3/c1-10-6-11(8-12(7-10)17(19)20)13(18)16-9-14(2,3)4-5-15/h6-8H,4-5,9H2,1-3H3,(H,16,18). The molecule has 5 nitrogen and oxygen atoms in total. The lowest BCUT2D eigenvalue weighted by Gasteiger charge is -2.23. The summed E-state index contributed by atoms with van der Waals surface area (Å²) >= 11 is 3.38. The Hall–Kier alpha value is -1.43. The van der Waals surface area contributed by atoms with E-state index in [1.165, 1.54) is 12.1 Å². The third-order valence-corrected chi connectivity index (χ3v) is 3.43. The van der Waals surface area contributed by atoms with Crippen molar-refractivity contribution in [1.29, 1.82) is 0 Å². The van der Waals surface area contributed by atoms with Crippen LogP contribution in [0.25, 0.3) is 0 Å². The number of alkyl halides is 1. The van der Waals surface area contributed by atoms with Crippen LogP contribution in [0.3, 0.4) is 0 Å². The first-order chi connectivity index (χ1) is 9.25. The molecule has 0 unspecified atom stereocenters. The smallest absolute Gasteiger partial charge is 0.270 e. The first-order valence-corrected chi connectivity index (χ1v) is 7.47. The van der Waals surface area contributed by atoms with E-state index in [0.717, 1.165) is 11.8 Å². The largest absolute Gasteiger partial charge is 0.351 e. The van der Waals surface area contributed by atoms with Gasteiger partial charge in [0.1, 0.15) is 0 Å². The lowest BCUT2D eigenvalue weighted by atomic mass is 9.90. The summed E-state index contributed by atoms with van der Waals surface area (Å²) in [5.41, 5.74) is 0.944. The van der Waals surface area contributed by atoms with Crippen LogP contribution in [0.5, 0.6) is 0 Å². The molecule has 0 aliphatic rings. The zero-order chi connectivity index (χ0) is 15.3. The molecule has 20 heavy (non-hydrogen) atoms. The molecular formula is C14H19BrN2O3. The first-order valence-electron chi connectivity index (χ1n) is 6.35. The molecule has 0 spiro atoms. The van der Waals surface area contributed by atoms with Crippen molar-refractivity contribution in [1.82, 2.24) is 5.32 Å². The topological polar surface area (TPSA) is 72.2 Å². The van der Waals surface area contributed by atoms with Crippen LogP contribution < -0.4 is 5.32 Å². The van der Waals surface area contributed by atoms with Crippen molar-refractivity contribution in [3.63, 3.8) is 0 Å². The van der Waals surface area contributed by atoms with Crippen LogP contribution >= 0.6 is 15.9 Å². The Bertz CT molecular complexity index is 515. The SMILES string of the molecule is Cc1cc(C(=O)NCC(C)(C)CCBr)cc([N+](=O)[O-])c1. The zero-order valence-electron chi connectivity index (χ0n) is 11.9. The van der Waals surface area contributed by atoms with E-state index in [-0.39, 0.29) is 17.0 Å². The average Bonchev–Trinajstić information content (AvgIpc) is 2.35. The number of nitro groups is 1. The van der Waals surface area contributed by atoms with Crippen molar-refractivity contribution in [2.24, 2.45) is 5.41 Å². The molecule has 0 aromatic heterocycles. The van der Waals surface area contributed by atoms with Crippen molar-refractivity contribution < 1.29 is 9.72 Å². The Morgan fingerprint density at radius 1 is 1.40 bits per heavy atom. The molecule has 0 saturated carbocycles. The van der Waals surface area contributed by atoms with E-state index in [9.17, 15) is 14.9 Å². The number of aryl methyl sites for hydroxylation is 1. The van der Waals surface area contributed by atoms with Gasteiger partial charge >= 0.3 is 0 Å². The van der Waals surface area contributed by atoms with Crippen LogP contribution in [-0.4, -0.2) is 22.7 Å². The molecule has 1 aromatic carbocycles. The van der Waals surface area contributed by atoms with Gasteiger partial charge in [0.05, 0.1) is 4.92 Å². The molecule has 0 fully saturated rings. The maximum atomic E-state index is 12.1. The molecule has 0 radical (unpaired) electrons. The highest BCUT2D eigenvalue weighted by Gasteiger charge is 2.19. The monoisotopic (exact) mass is 342 g/mol. The minimum Gasteiger partial charge on any atom is -0.351 e. The van der Waals surface area contributed by atoms with Crippen LogP contribution in [0.4, 0.5) is 5.69 Å². The Labute approximate surface area is 127 Å². The van der Waals surface area contributed by atoms with Crippen molar-refractivity contribution in [2.45, 2.75) is 27.2 Å². The first kappa shape index (κ1) is 16.6. The molecular weight excluding hydrogens is 324 g/mol. The number of non-ortho nitro benzene ring substituents is 1. The lowest BCUT2D eigenvalue weighted by Crippen LogP contribution is -2.34. The molecule has 0 aliphatic heterocycles. The van der Waals surface area contributed by atoms with Crippen molar-refractivity contribution >= 4 is 27.5 Å². The summed E-state index contributed by atoms with van der Waals surface area (Å²) in [6.07, 6.45) is 0.932. The number of nitro benzene ring substituents is 1. The molecule has 1 rings (SSSR count). The van der Waals surface area contributed by atoms with E-state index in [4.69, 9.17) is 0 Å². The summed E-state index contributed by atoms with van der Waals surface area (Å²) < 4.78 is 0. The molecule has 0 saturated heterocycles. The summed E-state index contributed by atoms with van der Waals surface area (Å²) in [4.78, 5) is 22.4. The van der Waals surface area contributed by atoms with Crippen LogP contribution in [-0.2, 0) is 0 Å². The van der Waals surface area contributed by atoms with Crippen LogP contribution in [0, 0.1) is 22.5 Å². The summed E-state index contributed by atoms with van der Waals surface area (Å²) in [5, 5.41) is 14.5. The number of nitrogens with one attached hydrogen (secondary N) is 1. The van der Waals surface area contributed by atoms with E-state index in [1.807, 2.05) is 0 Å². The van der Waals surface area contributed by atoms with Crippen LogP contribution in [0.2, 0.25) is 0 Å². The summed E-state index contributed by atoms with van der Waals surface area (Å²) in [6.45, 7) is 6.39. The number of hydrogen-bond donors (Lipinski definition) is 1. The van der Waals surface area contributed by atoms with E-state index in [0.29, 0.717) is 17.7 Å². The van der Waals surface area contributed by atoms with E-state index < -0.39 is 4.92 Å². The van der Waals surface area contributed by atoms with E-state index >= 15 is 0 Å². The molecule has 6 heteroatoms. The number of hydrogen-bond acceptors (Lipinski definition) is 3. The summed E-state index contributed by atoms with van der Waals surface area (Å²) in [7, 11) is 0. The third kappa shape index (κ3) is 4.92. The van der Waals surface area contributed by atoms with Gasteiger partial charge in [0.25, 0.3) is 11.6 Å². The van der Waals surface area contributed by atoms with Gasteiger partial charge in [-0.3, -0.25) is 14.9 Å². The molecule has 1 aromatic rings. The highest BCUT2D eigenvalue weighted by molar-refractivity contribution is 9.09. The quantitative estimate of drug-likeness (QED) is 0.489. The Morgan fingerprint density at radius 3 is 2.60 bits per heavy atom. The van der Waals surface area contributed by atoms with Crippen LogP contribution in [0.15, 0.2) is 18.2 Å². The summed E-state index contributed by atoms with van der Waals surface area (Å²) in [5.74, 6) is -0.278. The van der Waals surface area contributed by atoms with Gasteiger partial charge in [-0.25, -0.2) is 0 Å². The number of rotatable bonds is 6. The number of carbonyl (C=O) groups is 1. The van der Waals surface area contributed by atoms with Gasteiger partial charge in [-0.05, 0) is 30.4 Å². The summed E-state index contributed by atoms with van der Waals surface area (Å²) in [6, 6.07) is 4.41. The van der Waals surface area contributed by atoms with Gasteiger partial charge in [0.2, 0.25) is 0 Å². The average molecular weight is 343 g/mol. The molecule has 1 amide bonds. The normalized spacial score (nSPS) is 11.2. The number of carbonyl (C=O) groups excluding carboxylic acids is 1. The Morgan fingerprint density at radius 2 is 2.05 bits per heavy atom. The van der Waals surface area contributed by atoms with Gasteiger partial charge in [-0.2, -0.15) is 0 Å². The molecule has 0 atom stereocenters. The second kappa shape index (κ2) is 6.83. The minimum absolute atomic E-state index is 0.0189. The van der Waals surface area contributed by atoms with Gasteiger partial charge < -0.3 is 5.32 Å². The zero-order valence-corrected chi connectivity index (χ0v) is 13.5. The highest BCUT2D eigenvalue weighted by atomic mass is 79.9. The fourth-order valence-electron chi connectivity index (χ4n) is 1.77. The highest BCUT2D eigenvalue weighted by Crippen LogP contribution is 2.21. The van der Waals surface area contributed by atoms with Gasteiger partial charge in [-0.1, -0.05) is 29.8 Å². The second-order valence-electron chi connectivity index (χ2n) is 5.60. The van der Waals surface area contributed by atoms with Gasteiger partial charge in [-0.15, -0.1) is 0 Å². The Balaban J connectivity index is 2.80. The minimum atomic E-state index is -0.488. The third-order valence-electron chi connectivity index (χ3n) is 3.03. The fraction of sp³-hybridized carbons (Fsp3) is 0.500. The maximum absolute atomic E-state index is 12.1. The lowest BCUT2D eigenvalue weighted by molar-refractivity contribution is -0.384. The van der Waals surface area contributed by atoms with Crippen molar-refractivity contribution in [3.05, 3.63) is 39.4 Å². The van der Waals surface area contributed by atoms with Crippen LogP contribution in [0.1, 0.15) is 36.2 Å². The molecule has 1 N–H and O–H groups in total. The van der Waals surface area contributed by atoms with E-state index in [1.54, 1.807) is 13.0 Å². The molecule has 0 heterocycles. The predicted octanol–water partition coefficient (Wildman–Crippen LogP) is 3.44. The molecule has 0 aliphatic carbocycles. The molecule has 0 bridgehead atoms. The maximum Gasteiger partial charge on any atom is 0.270 e. The van der Waals surface area contributed by atoms with E-state index in [2.05, 4.69) is 35.1 Å².